The van der Waals surface area contributed by atoms with Crippen LogP contribution in [-0.2, 0) is 11.2 Å². The Hall–Kier alpha value is -3.55. The van der Waals surface area contributed by atoms with E-state index in [-0.39, 0.29) is 18.4 Å². The first-order chi connectivity index (χ1) is 15.9. The molecule has 8 nitrogen and oxygen atoms in total. The second kappa shape index (κ2) is 10.8. The van der Waals surface area contributed by atoms with Crippen LogP contribution in [0.1, 0.15) is 57.5 Å². The number of rotatable bonds is 8. The molecule has 33 heavy (non-hydrogen) atoms. The largest absolute Gasteiger partial charge is 0.496 e. The monoisotopic (exact) mass is 453 g/mol. The van der Waals surface area contributed by atoms with Gasteiger partial charge in [0.1, 0.15) is 5.75 Å². The minimum absolute atomic E-state index is 0.0527. The summed E-state index contributed by atoms with van der Waals surface area (Å²) in [4.78, 5) is 26.8. The minimum Gasteiger partial charge on any atom is -0.496 e. The van der Waals surface area contributed by atoms with Crippen LogP contribution in [0.5, 0.6) is 5.75 Å². The third-order valence-corrected chi connectivity index (χ3v) is 6.23. The van der Waals surface area contributed by atoms with Crippen molar-refractivity contribution in [3.63, 3.8) is 0 Å². The summed E-state index contributed by atoms with van der Waals surface area (Å²) in [6.45, 7) is 0. The van der Waals surface area contributed by atoms with Gasteiger partial charge in [0, 0.05) is 48.9 Å². The molecule has 176 valence electrons. The Labute approximate surface area is 194 Å². The maximum atomic E-state index is 13.1. The van der Waals surface area contributed by atoms with Crippen LogP contribution in [0.15, 0.2) is 41.6 Å². The quantitative estimate of drug-likeness (QED) is 0.272. The fourth-order valence-electron chi connectivity index (χ4n) is 4.30. The van der Waals surface area contributed by atoms with E-state index >= 15 is 0 Å². The standard InChI is InChI=1S/C25H31N3O5/c1-26-21-12-11-17(24(29)28(2)19-7-5-6-8-19)13-20(21)22(27-31)14-16-9-10-18(25(30)33-4)15-23(16)32-3/h9-13,15,19,26,31H,5-8,14H2,1-4H3. The third kappa shape index (κ3) is 5.27. The lowest BCUT2D eigenvalue weighted by Gasteiger charge is -2.25. The first kappa shape index (κ1) is 24.1. The van der Waals surface area contributed by atoms with Gasteiger partial charge in [0.15, 0.2) is 0 Å². The summed E-state index contributed by atoms with van der Waals surface area (Å²) in [5.41, 5.74) is 3.32. The van der Waals surface area contributed by atoms with Crippen molar-refractivity contribution in [3.05, 3.63) is 58.7 Å². The van der Waals surface area contributed by atoms with E-state index < -0.39 is 5.97 Å². The number of carbonyl (C=O) groups is 2. The van der Waals surface area contributed by atoms with E-state index in [0.29, 0.717) is 28.2 Å². The van der Waals surface area contributed by atoms with Gasteiger partial charge in [-0.05, 0) is 43.2 Å². The van der Waals surface area contributed by atoms with E-state index in [1.165, 1.54) is 14.2 Å². The van der Waals surface area contributed by atoms with Crippen molar-refractivity contribution in [1.29, 1.82) is 0 Å². The molecule has 0 atom stereocenters. The second-order valence-electron chi connectivity index (χ2n) is 8.11. The van der Waals surface area contributed by atoms with E-state index in [2.05, 4.69) is 10.5 Å². The molecule has 0 spiro atoms. The number of amides is 1. The maximum absolute atomic E-state index is 13.1. The van der Waals surface area contributed by atoms with Crippen molar-refractivity contribution >= 4 is 23.3 Å². The number of carbonyl (C=O) groups excluding carboxylic acids is 2. The van der Waals surface area contributed by atoms with Gasteiger partial charge in [-0.25, -0.2) is 4.79 Å². The molecular weight excluding hydrogens is 422 g/mol. The SMILES string of the molecule is CNc1ccc(C(=O)N(C)C2CCCC2)cc1C(Cc1ccc(C(=O)OC)cc1OC)=NO. The molecule has 2 N–H and O–H groups in total. The summed E-state index contributed by atoms with van der Waals surface area (Å²) in [6, 6.07) is 10.6. The minimum atomic E-state index is -0.467. The highest BCUT2D eigenvalue weighted by Gasteiger charge is 2.25. The highest BCUT2D eigenvalue weighted by Crippen LogP contribution is 2.27. The lowest BCUT2D eigenvalue weighted by Crippen LogP contribution is -2.35. The summed E-state index contributed by atoms with van der Waals surface area (Å²) < 4.78 is 10.2. The van der Waals surface area contributed by atoms with Crippen molar-refractivity contribution in [3.8, 4) is 5.75 Å². The first-order valence-corrected chi connectivity index (χ1v) is 11.0. The van der Waals surface area contributed by atoms with Gasteiger partial charge in [-0.1, -0.05) is 24.1 Å². The van der Waals surface area contributed by atoms with Crippen LogP contribution in [0, 0.1) is 0 Å². The molecule has 1 saturated carbocycles. The number of benzene rings is 2. The highest BCUT2D eigenvalue weighted by molar-refractivity contribution is 6.08. The first-order valence-electron chi connectivity index (χ1n) is 11.0. The Kier molecular flexibility index (Phi) is 7.92. The van der Waals surface area contributed by atoms with Gasteiger partial charge in [-0.15, -0.1) is 0 Å². The zero-order valence-corrected chi connectivity index (χ0v) is 19.6. The number of hydrogen-bond donors (Lipinski definition) is 2. The molecule has 1 aliphatic rings. The third-order valence-electron chi connectivity index (χ3n) is 6.23. The van der Waals surface area contributed by atoms with Gasteiger partial charge >= 0.3 is 5.97 Å². The van der Waals surface area contributed by atoms with Crippen LogP contribution in [0.4, 0.5) is 5.69 Å². The second-order valence-corrected chi connectivity index (χ2v) is 8.11. The molecule has 0 heterocycles. The van der Waals surface area contributed by atoms with Crippen molar-refractivity contribution in [2.24, 2.45) is 5.16 Å². The molecular formula is C25H31N3O5. The van der Waals surface area contributed by atoms with Gasteiger partial charge < -0.3 is 24.9 Å². The summed E-state index contributed by atoms with van der Waals surface area (Å²) in [7, 11) is 6.44. The van der Waals surface area contributed by atoms with Crippen molar-refractivity contribution in [2.45, 2.75) is 38.1 Å². The molecule has 1 aliphatic carbocycles. The van der Waals surface area contributed by atoms with E-state index in [0.717, 1.165) is 36.9 Å². The van der Waals surface area contributed by atoms with Gasteiger partial charge in [0.2, 0.25) is 0 Å². The number of hydrogen-bond acceptors (Lipinski definition) is 7. The number of nitrogens with one attached hydrogen (secondary N) is 1. The molecule has 0 aromatic heterocycles. The summed E-state index contributed by atoms with van der Waals surface area (Å²) in [6.07, 6.45) is 4.56. The molecule has 1 amide bonds. The number of oxime groups is 1. The fourth-order valence-corrected chi connectivity index (χ4v) is 4.30. The Bertz CT molecular complexity index is 1040. The van der Waals surface area contributed by atoms with Gasteiger partial charge in [0.25, 0.3) is 5.91 Å². The number of nitrogens with zero attached hydrogens (tertiary/aromatic N) is 2. The molecule has 2 aromatic carbocycles. The van der Waals surface area contributed by atoms with Gasteiger partial charge in [0.05, 0.1) is 25.5 Å². The number of anilines is 1. The smallest absolute Gasteiger partial charge is 0.337 e. The van der Waals surface area contributed by atoms with Crippen LogP contribution >= 0.6 is 0 Å². The average Bonchev–Trinajstić information content (AvgIpc) is 3.40. The van der Waals surface area contributed by atoms with Crippen LogP contribution < -0.4 is 10.1 Å². The molecule has 1 fully saturated rings. The lowest BCUT2D eigenvalue weighted by atomic mass is 9.97. The van der Waals surface area contributed by atoms with Crippen LogP contribution in [0.3, 0.4) is 0 Å². The van der Waals surface area contributed by atoms with E-state index in [9.17, 15) is 14.8 Å². The summed E-state index contributed by atoms with van der Waals surface area (Å²) in [5, 5.41) is 16.5. The molecule has 0 bridgehead atoms. The summed E-state index contributed by atoms with van der Waals surface area (Å²) >= 11 is 0. The van der Waals surface area contributed by atoms with Gasteiger partial charge in [-0.2, -0.15) is 0 Å². The molecule has 0 aliphatic heterocycles. The lowest BCUT2D eigenvalue weighted by molar-refractivity contribution is 0.0600. The zero-order valence-electron chi connectivity index (χ0n) is 19.6. The molecule has 3 rings (SSSR count). The Morgan fingerprint density at radius 1 is 1.12 bits per heavy atom. The van der Waals surface area contributed by atoms with Crippen molar-refractivity contribution < 1.29 is 24.3 Å². The average molecular weight is 454 g/mol. The Morgan fingerprint density at radius 3 is 2.42 bits per heavy atom. The van der Waals surface area contributed by atoms with E-state index in [1.807, 2.05) is 18.0 Å². The number of ether oxygens (including phenoxy) is 2. The maximum Gasteiger partial charge on any atom is 0.337 e. The van der Waals surface area contributed by atoms with E-state index in [4.69, 9.17) is 9.47 Å². The highest BCUT2D eigenvalue weighted by atomic mass is 16.5. The number of methoxy groups -OCH3 is 2. The molecule has 8 heteroatoms. The Morgan fingerprint density at radius 2 is 1.82 bits per heavy atom. The predicted molar refractivity (Wildman–Crippen MR) is 127 cm³/mol. The molecule has 0 saturated heterocycles. The molecule has 2 aromatic rings. The van der Waals surface area contributed by atoms with Crippen molar-refractivity contribution in [1.82, 2.24) is 4.90 Å². The normalized spacial score (nSPS) is 14.1. The summed E-state index contributed by atoms with van der Waals surface area (Å²) in [5.74, 6) is -0.0488. The molecule has 0 radical (unpaired) electrons. The zero-order chi connectivity index (χ0) is 24.0. The van der Waals surface area contributed by atoms with Crippen molar-refractivity contribution in [2.75, 3.05) is 33.6 Å². The number of esters is 1. The van der Waals surface area contributed by atoms with E-state index in [1.54, 1.807) is 37.4 Å². The molecule has 0 unspecified atom stereocenters. The Balaban J connectivity index is 1.92. The van der Waals surface area contributed by atoms with Gasteiger partial charge in [-0.3, -0.25) is 4.79 Å². The topological polar surface area (TPSA) is 100 Å². The predicted octanol–water partition coefficient (Wildman–Crippen LogP) is 3.96. The van der Waals surface area contributed by atoms with Crippen LogP contribution in [0.25, 0.3) is 0 Å². The van der Waals surface area contributed by atoms with Crippen LogP contribution in [0.2, 0.25) is 0 Å². The fraction of sp³-hybridized carbons (Fsp3) is 0.400. The van der Waals surface area contributed by atoms with Crippen LogP contribution in [-0.4, -0.2) is 62.1 Å².